The van der Waals surface area contributed by atoms with Gasteiger partial charge in [0.25, 0.3) is 5.91 Å². The van der Waals surface area contributed by atoms with Crippen LogP contribution in [0.3, 0.4) is 0 Å². The molecule has 3 rings (SSSR count). The molecule has 0 heterocycles. The van der Waals surface area contributed by atoms with E-state index < -0.39 is 5.54 Å². The van der Waals surface area contributed by atoms with Crippen molar-refractivity contribution < 1.29 is 18.7 Å². The maximum Gasteiger partial charge on any atom is 0.252 e. The highest BCUT2D eigenvalue weighted by Crippen LogP contribution is 2.34. The van der Waals surface area contributed by atoms with E-state index in [2.05, 4.69) is 5.32 Å². The Kier molecular flexibility index (Phi) is 5.31. The SMILES string of the molecule is COc1cccc(C(=O)NC2(C(=O)c3ccc(F)c(C)c3)CCCC2)c1C. The molecule has 0 bridgehead atoms. The number of halogens is 1. The van der Waals surface area contributed by atoms with E-state index in [1.807, 2.05) is 6.92 Å². The number of methoxy groups -OCH3 is 1. The molecule has 1 amide bonds. The van der Waals surface area contributed by atoms with Gasteiger partial charge in [-0.2, -0.15) is 0 Å². The van der Waals surface area contributed by atoms with Crippen molar-refractivity contribution in [1.82, 2.24) is 5.32 Å². The summed E-state index contributed by atoms with van der Waals surface area (Å²) in [6.07, 6.45) is 2.89. The molecule has 4 nitrogen and oxygen atoms in total. The fourth-order valence-electron chi connectivity index (χ4n) is 3.82. The molecule has 1 saturated carbocycles. The van der Waals surface area contributed by atoms with Gasteiger partial charge in [-0.05, 0) is 62.6 Å². The molecule has 0 unspecified atom stereocenters. The number of ether oxygens (including phenoxy) is 1. The summed E-state index contributed by atoms with van der Waals surface area (Å²) in [6, 6.07) is 9.63. The lowest BCUT2D eigenvalue weighted by molar-refractivity contribution is 0.0769. The molecule has 0 radical (unpaired) electrons. The lowest BCUT2D eigenvalue weighted by atomic mass is 9.86. The van der Waals surface area contributed by atoms with E-state index in [9.17, 15) is 14.0 Å². The average Bonchev–Trinajstić information content (AvgIpc) is 3.13. The predicted octanol–water partition coefficient (Wildman–Crippen LogP) is 4.38. The molecule has 0 aliphatic heterocycles. The number of nitrogens with one attached hydrogen (secondary N) is 1. The van der Waals surface area contributed by atoms with Gasteiger partial charge in [0, 0.05) is 16.7 Å². The standard InChI is InChI=1S/C22H24FNO3/c1-14-13-16(9-10-18(14)23)20(25)22(11-4-5-12-22)24-21(26)17-7-6-8-19(27-3)15(17)2/h6-10,13H,4-5,11-12H2,1-3H3,(H,24,26). The van der Waals surface area contributed by atoms with Gasteiger partial charge < -0.3 is 10.1 Å². The van der Waals surface area contributed by atoms with E-state index in [4.69, 9.17) is 4.74 Å². The van der Waals surface area contributed by atoms with Crippen LogP contribution in [0, 0.1) is 19.7 Å². The zero-order valence-corrected chi connectivity index (χ0v) is 15.9. The summed E-state index contributed by atoms with van der Waals surface area (Å²) in [5, 5.41) is 3.00. The molecule has 1 N–H and O–H groups in total. The van der Waals surface area contributed by atoms with Crippen LogP contribution in [0.2, 0.25) is 0 Å². The maximum atomic E-state index is 13.6. The van der Waals surface area contributed by atoms with E-state index >= 15 is 0 Å². The van der Waals surface area contributed by atoms with Crippen molar-refractivity contribution in [1.29, 1.82) is 0 Å². The van der Waals surface area contributed by atoms with Crippen LogP contribution in [0.5, 0.6) is 5.75 Å². The van der Waals surface area contributed by atoms with Crippen LogP contribution in [-0.2, 0) is 0 Å². The first-order valence-electron chi connectivity index (χ1n) is 9.15. The third kappa shape index (κ3) is 3.59. The second kappa shape index (κ2) is 7.51. The van der Waals surface area contributed by atoms with Gasteiger partial charge in [-0.1, -0.05) is 18.9 Å². The number of aryl methyl sites for hydroxylation is 1. The Hall–Kier alpha value is -2.69. The minimum Gasteiger partial charge on any atom is -0.496 e. The minimum absolute atomic E-state index is 0.156. The van der Waals surface area contributed by atoms with Gasteiger partial charge in [-0.15, -0.1) is 0 Å². The number of Topliss-reactive ketones (excluding diaryl/α,β-unsaturated/α-hetero) is 1. The molecule has 0 saturated heterocycles. The lowest BCUT2D eigenvalue weighted by Crippen LogP contribution is -2.52. The summed E-state index contributed by atoms with van der Waals surface area (Å²) in [5.41, 5.74) is 1.12. The van der Waals surface area contributed by atoms with Crippen molar-refractivity contribution in [3.05, 3.63) is 64.5 Å². The molecule has 0 atom stereocenters. The Labute approximate surface area is 158 Å². The Morgan fingerprint density at radius 2 is 1.81 bits per heavy atom. The van der Waals surface area contributed by atoms with Crippen LogP contribution in [0.4, 0.5) is 4.39 Å². The normalized spacial score (nSPS) is 15.4. The molecule has 0 spiro atoms. The van der Waals surface area contributed by atoms with Gasteiger partial charge in [-0.3, -0.25) is 9.59 Å². The zero-order valence-electron chi connectivity index (χ0n) is 15.9. The molecule has 0 aromatic heterocycles. The third-order valence-electron chi connectivity index (χ3n) is 5.41. The van der Waals surface area contributed by atoms with Gasteiger partial charge in [0.05, 0.1) is 7.11 Å². The molecule has 2 aromatic carbocycles. The highest BCUT2D eigenvalue weighted by molar-refractivity contribution is 6.07. The Morgan fingerprint density at radius 3 is 2.44 bits per heavy atom. The molecule has 2 aromatic rings. The van der Waals surface area contributed by atoms with Crippen LogP contribution < -0.4 is 10.1 Å². The quantitative estimate of drug-likeness (QED) is 0.796. The molecular weight excluding hydrogens is 345 g/mol. The summed E-state index contributed by atoms with van der Waals surface area (Å²) < 4.78 is 18.9. The van der Waals surface area contributed by atoms with Crippen LogP contribution in [-0.4, -0.2) is 24.3 Å². The monoisotopic (exact) mass is 369 g/mol. The number of carbonyl (C=O) groups excluding carboxylic acids is 2. The summed E-state index contributed by atoms with van der Waals surface area (Å²) in [7, 11) is 1.56. The second-order valence-electron chi connectivity index (χ2n) is 7.17. The number of hydrogen-bond acceptors (Lipinski definition) is 3. The fourth-order valence-corrected chi connectivity index (χ4v) is 3.82. The van der Waals surface area contributed by atoms with Crippen molar-refractivity contribution in [2.75, 3.05) is 7.11 Å². The zero-order chi connectivity index (χ0) is 19.6. The topological polar surface area (TPSA) is 55.4 Å². The van der Waals surface area contributed by atoms with Gasteiger partial charge >= 0.3 is 0 Å². The van der Waals surface area contributed by atoms with E-state index in [0.29, 0.717) is 35.3 Å². The molecule has 5 heteroatoms. The van der Waals surface area contributed by atoms with E-state index in [1.54, 1.807) is 38.3 Å². The molecular formula is C22H24FNO3. The minimum atomic E-state index is -0.948. The van der Waals surface area contributed by atoms with Crippen LogP contribution in [0.25, 0.3) is 0 Å². The molecule has 1 fully saturated rings. The highest BCUT2D eigenvalue weighted by Gasteiger charge is 2.43. The Bertz CT molecular complexity index is 885. The molecule has 142 valence electrons. The van der Waals surface area contributed by atoms with Gasteiger partial charge in [0.1, 0.15) is 17.1 Å². The fraction of sp³-hybridized carbons (Fsp3) is 0.364. The number of benzene rings is 2. The summed E-state index contributed by atoms with van der Waals surface area (Å²) in [4.78, 5) is 26.2. The van der Waals surface area contributed by atoms with Crippen molar-refractivity contribution in [2.24, 2.45) is 0 Å². The van der Waals surface area contributed by atoms with Crippen molar-refractivity contribution in [3.8, 4) is 5.75 Å². The first kappa shape index (κ1) is 19.1. The largest absolute Gasteiger partial charge is 0.496 e. The smallest absolute Gasteiger partial charge is 0.252 e. The number of ketones is 1. The third-order valence-corrected chi connectivity index (χ3v) is 5.41. The second-order valence-corrected chi connectivity index (χ2v) is 7.17. The van der Waals surface area contributed by atoms with E-state index in [-0.39, 0.29) is 17.5 Å². The van der Waals surface area contributed by atoms with Crippen LogP contribution >= 0.6 is 0 Å². The number of rotatable bonds is 5. The molecule has 1 aliphatic carbocycles. The van der Waals surface area contributed by atoms with Crippen molar-refractivity contribution >= 4 is 11.7 Å². The summed E-state index contributed by atoms with van der Waals surface area (Å²) in [6.45, 7) is 3.45. The maximum absolute atomic E-state index is 13.6. The van der Waals surface area contributed by atoms with Crippen molar-refractivity contribution in [2.45, 2.75) is 45.1 Å². The van der Waals surface area contributed by atoms with Crippen LogP contribution in [0.1, 0.15) is 57.5 Å². The van der Waals surface area contributed by atoms with Gasteiger partial charge in [-0.25, -0.2) is 4.39 Å². The predicted molar refractivity (Wildman–Crippen MR) is 102 cm³/mol. The number of carbonyl (C=O) groups is 2. The average molecular weight is 369 g/mol. The van der Waals surface area contributed by atoms with E-state index in [0.717, 1.165) is 18.4 Å². The Balaban J connectivity index is 1.92. The highest BCUT2D eigenvalue weighted by atomic mass is 19.1. The molecule has 27 heavy (non-hydrogen) atoms. The van der Waals surface area contributed by atoms with Crippen LogP contribution in [0.15, 0.2) is 36.4 Å². The van der Waals surface area contributed by atoms with Gasteiger partial charge in [0.15, 0.2) is 5.78 Å². The Morgan fingerprint density at radius 1 is 1.11 bits per heavy atom. The number of amides is 1. The first-order valence-corrected chi connectivity index (χ1v) is 9.15. The summed E-state index contributed by atoms with van der Waals surface area (Å²) >= 11 is 0. The summed E-state index contributed by atoms with van der Waals surface area (Å²) in [5.74, 6) is -0.163. The van der Waals surface area contributed by atoms with E-state index in [1.165, 1.54) is 12.1 Å². The lowest BCUT2D eigenvalue weighted by Gasteiger charge is -2.29. The first-order chi connectivity index (χ1) is 12.9. The molecule has 1 aliphatic rings. The van der Waals surface area contributed by atoms with Gasteiger partial charge in [0.2, 0.25) is 0 Å². The van der Waals surface area contributed by atoms with Crippen molar-refractivity contribution in [3.63, 3.8) is 0 Å². The number of hydrogen-bond donors (Lipinski definition) is 1.